The number of fused-ring (bicyclic) bond motifs is 2. The van der Waals surface area contributed by atoms with E-state index in [4.69, 9.17) is 42.6 Å². The highest BCUT2D eigenvalue weighted by Crippen LogP contribution is 2.63. The summed E-state index contributed by atoms with van der Waals surface area (Å²) in [5.74, 6) is 6.42. The van der Waals surface area contributed by atoms with Crippen molar-refractivity contribution in [3.05, 3.63) is 53.9 Å². The van der Waals surface area contributed by atoms with Crippen molar-refractivity contribution >= 4 is 57.1 Å². The van der Waals surface area contributed by atoms with E-state index in [9.17, 15) is 0 Å². The van der Waals surface area contributed by atoms with Gasteiger partial charge in [-0.15, -0.1) is 46.6 Å². The third-order valence-corrected chi connectivity index (χ3v) is 18.7. The number of rotatable bonds is 1. The standard InChI is InChI=1S/C41H50O9S4/c1-39(2,3)36-25-20(9-8-10-42-25)31(52-36)21-19-22(24-23(21)43-11-12-44-24)32-26-27(46-14-13-45-26)33(51-32)34-28-29(48-16-15-47-28)38(53-34)41(7)35-30(49-17-18-50-35)37(54-41)40(4,5)6/h28-29,36-38H,8-19H2,1-7H3/b31-21-,32-22-,34-33+. The van der Waals surface area contributed by atoms with Gasteiger partial charge in [0.1, 0.15) is 63.4 Å². The van der Waals surface area contributed by atoms with Crippen molar-refractivity contribution in [1.29, 1.82) is 0 Å². The van der Waals surface area contributed by atoms with Crippen LogP contribution in [0.15, 0.2) is 44.8 Å². The SMILES string of the molecule is CC(C)(C)C1S/C(=C2/C/C(=c3/s/c(=C4/SC(C5(C)SC(C(C)(C)C)C6=C5OCCO6)C5OCCOC45)c4c3OCCO4)C3=C2OCCO3)C2=C1OCCC2. The Balaban J connectivity index is 1.12. The van der Waals surface area contributed by atoms with Crippen LogP contribution < -0.4 is 18.5 Å². The van der Waals surface area contributed by atoms with Crippen LogP contribution in [0.4, 0.5) is 0 Å². The molecule has 0 aromatic carbocycles. The van der Waals surface area contributed by atoms with E-state index in [1.165, 1.54) is 16.1 Å². The first-order valence-electron chi connectivity index (χ1n) is 19.4. The molecule has 6 atom stereocenters. The molecule has 0 N–H and O–H groups in total. The molecule has 292 valence electrons. The highest BCUT2D eigenvalue weighted by Gasteiger charge is 2.61. The summed E-state index contributed by atoms with van der Waals surface area (Å²) < 4.78 is 60.5. The maximum atomic E-state index is 6.67. The summed E-state index contributed by atoms with van der Waals surface area (Å²) in [7, 11) is 0. The molecule has 0 radical (unpaired) electrons. The summed E-state index contributed by atoms with van der Waals surface area (Å²) in [4.78, 5) is 2.45. The van der Waals surface area contributed by atoms with E-state index in [0.717, 1.165) is 79.3 Å². The van der Waals surface area contributed by atoms with Gasteiger partial charge < -0.3 is 42.6 Å². The minimum Gasteiger partial charge on any atom is -0.496 e. The Morgan fingerprint density at radius 1 is 0.611 bits per heavy atom. The maximum absolute atomic E-state index is 6.67. The lowest BCUT2D eigenvalue weighted by molar-refractivity contribution is -0.114. The zero-order chi connectivity index (χ0) is 37.1. The van der Waals surface area contributed by atoms with Gasteiger partial charge in [0, 0.05) is 33.0 Å². The fourth-order valence-corrected chi connectivity index (χ4v) is 15.6. The highest BCUT2D eigenvalue weighted by molar-refractivity contribution is 8.10. The quantitative estimate of drug-likeness (QED) is 0.293. The molecule has 0 bridgehead atoms. The van der Waals surface area contributed by atoms with Gasteiger partial charge in [0.25, 0.3) is 0 Å². The van der Waals surface area contributed by atoms with E-state index in [-0.39, 0.29) is 43.5 Å². The lowest BCUT2D eigenvalue weighted by Gasteiger charge is -2.38. The van der Waals surface area contributed by atoms with E-state index in [1.807, 2.05) is 35.3 Å². The molecule has 1 aliphatic carbocycles. The summed E-state index contributed by atoms with van der Waals surface area (Å²) in [6.07, 6.45) is 2.36. The highest BCUT2D eigenvalue weighted by atomic mass is 32.2. The zero-order valence-corrected chi connectivity index (χ0v) is 35.4. The van der Waals surface area contributed by atoms with Gasteiger partial charge in [-0.2, -0.15) is 0 Å². The molecule has 0 amide bonds. The smallest absolute Gasteiger partial charge is 0.180 e. The lowest BCUT2D eigenvalue weighted by Crippen LogP contribution is -2.49. The van der Waals surface area contributed by atoms with E-state index in [0.29, 0.717) is 59.3 Å². The van der Waals surface area contributed by atoms with Crippen molar-refractivity contribution in [2.24, 2.45) is 10.8 Å². The summed E-state index contributed by atoms with van der Waals surface area (Å²) in [5, 5.41) is 0.466. The molecule has 54 heavy (non-hydrogen) atoms. The molecule has 2 fully saturated rings. The number of hydrogen-bond acceptors (Lipinski definition) is 13. The van der Waals surface area contributed by atoms with Crippen LogP contribution in [-0.4, -0.2) is 92.2 Å². The van der Waals surface area contributed by atoms with E-state index in [2.05, 4.69) is 48.5 Å². The van der Waals surface area contributed by atoms with Crippen LogP contribution in [0.2, 0.25) is 0 Å². The second kappa shape index (κ2) is 13.3. The second-order valence-corrected chi connectivity index (χ2v) is 22.4. The normalized spacial score (nSPS) is 36.8. The third kappa shape index (κ3) is 5.62. The van der Waals surface area contributed by atoms with Crippen LogP contribution in [-0.2, 0) is 33.2 Å². The molecule has 2 saturated heterocycles. The largest absolute Gasteiger partial charge is 0.496 e. The molecule has 10 rings (SSSR count). The molecular formula is C41H50O9S4. The van der Waals surface area contributed by atoms with Crippen molar-refractivity contribution in [1.82, 2.24) is 0 Å². The molecule has 0 spiro atoms. The van der Waals surface area contributed by atoms with Crippen LogP contribution in [0.1, 0.15) is 67.7 Å². The van der Waals surface area contributed by atoms with Gasteiger partial charge in [0.05, 0.1) is 49.4 Å². The van der Waals surface area contributed by atoms with Crippen molar-refractivity contribution in [2.75, 3.05) is 59.5 Å². The summed E-state index contributed by atoms with van der Waals surface area (Å²) in [5.41, 5.74) is 3.71. The van der Waals surface area contributed by atoms with E-state index >= 15 is 0 Å². The van der Waals surface area contributed by atoms with Crippen LogP contribution in [0.3, 0.4) is 0 Å². The second-order valence-electron chi connectivity index (χ2n) is 17.5. The minimum absolute atomic E-state index is 0.00632. The topological polar surface area (TPSA) is 83.1 Å². The Morgan fingerprint density at radius 2 is 1.26 bits per heavy atom. The first-order valence-corrected chi connectivity index (χ1v) is 22.9. The first-order chi connectivity index (χ1) is 25.9. The first kappa shape index (κ1) is 36.3. The number of hydrogen-bond donors (Lipinski definition) is 0. The van der Waals surface area contributed by atoms with Crippen molar-refractivity contribution in [3.8, 4) is 11.5 Å². The van der Waals surface area contributed by atoms with Crippen LogP contribution >= 0.6 is 46.6 Å². The number of ether oxygens (including phenoxy) is 9. The maximum Gasteiger partial charge on any atom is 0.180 e. The molecule has 13 heteroatoms. The lowest BCUT2D eigenvalue weighted by atomic mass is 9.88. The molecule has 1 aromatic rings. The summed E-state index contributed by atoms with van der Waals surface area (Å²) in [6.45, 7) is 21.2. The third-order valence-electron chi connectivity index (χ3n) is 11.5. The number of allylic oxidation sites excluding steroid dienone is 3. The average molecular weight is 815 g/mol. The predicted octanol–water partition coefficient (Wildman–Crippen LogP) is 7.00. The van der Waals surface area contributed by atoms with Crippen LogP contribution in [0.5, 0.6) is 11.5 Å². The number of thiophene rings is 1. The van der Waals surface area contributed by atoms with Gasteiger partial charge in [-0.25, -0.2) is 0 Å². The van der Waals surface area contributed by atoms with Crippen LogP contribution in [0.25, 0.3) is 10.5 Å². The van der Waals surface area contributed by atoms with E-state index in [1.54, 1.807) is 11.3 Å². The van der Waals surface area contributed by atoms with Gasteiger partial charge in [0.2, 0.25) is 0 Å². The van der Waals surface area contributed by atoms with Gasteiger partial charge in [-0.05, 0) is 30.6 Å². The fraction of sp³-hybridized carbons (Fsp3) is 0.659. The average Bonchev–Trinajstić information content (AvgIpc) is 3.97. The molecular weight excluding hydrogens is 765 g/mol. The molecule has 8 aliphatic heterocycles. The Hall–Kier alpha value is -2.03. The fourth-order valence-electron chi connectivity index (χ4n) is 9.07. The van der Waals surface area contributed by atoms with Gasteiger partial charge in [-0.3, -0.25) is 0 Å². The molecule has 9 heterocycles. The number of thioether (sulfide) groups is 3. The summed E-state index contributed by atoms with van der Waals surface area (Å²) >= 11 is 7.50. The Labute approximate surface area is 334 Å². The monoisotopic (exact) mass is 814 g/mol. The van der Waals surface area contributed by atoms with Crippen molar-refractivity contribution in [2.45, 2.75) is 100 Å². The molecule has 6 unspecified atom stereocenters. The van der Waals surface area contributed by atoms with Crippen molar-refractivity contribution in [3.63, 3.8) is 0 Å². The Morgan fingerprint density at radius 3 is 2.02 bits per heavy atom. The van der Waals surface area contributed by atoms with Gasteiger partial charge in [0.15, 0.2) is 28.8 Å². The Bertz CT molecular complexity index is 2030. The van der Waals surface area contributed by atoms with Gasteiger partial charge in [-0.1, -0.05) is 41.5 Å². The van der Waals surface area contributed by atoms with E-state index < -0.39 is 0 Å². The molecule has 9 aliphatic rings. The minimum atomic E-state index is -0.379. The zero-order valence-electron chi connectivity index (χ0n) is 32.2. The van der Waals surface area contributed by atoms with Crippen molar-refractivity contribution < 1.29 is 42.6 Å². The summed E-state index contributed by atoms with van der Waals surface area (Å²) in [6, 6.07) is 0. The molecule has 9 nitrogen and oxygen atoms in total. The van der Waals surface area contributed by atoms with Gasteiger partial charge >= 0.3 is 0 Å². The predicted molar refractivity (Wildman–Crippen MR) is 214 cm³/mol. The van der Waals surface area contributed by atoms with Crippen LogP contribution in [0, 0.1) is 10.8 Å². The molecule has 0 saturated carbocycles. The Kier molecular flexibility index (Phi) is 8.92. The molecule has 1 aromatic heterocycles.